The van der Waals surface area contributed by atoms with Gasteiger partial charge < -0.3 is 83.9 Å². The summed E-state index contributed by atoms with van der Waals surface area (Å²) in [4.78, 5) is 24.9. The lowest BCUT2D eigenvalue weighted by Gasteiger charge is -2.49. The Bertz CT molecular complexity index is 2120. The topological polar surface area (TPSA) is 550 Å². The summed E-state index contributed by atoms with van der Waals surface area (Å²) in [5.41, 5.74) is 0. The van der Waals surface area contributed by atoms with E-state index in [2.05, 4.69) is 8.37 Å². The lowest BCUT2D eigenvalue weighted by molar-refractivity contribution is -0.368. The van der Waals surface area contributed by atoms with Crippen LogP contribution in [0.3, 0.4) is 0 Å². The molecule has 66 heavy (non-hydrogen) atoms. The maximum Gasteiger partial charge on any atom is 0.397 e. The Kier molecular flexibility index (Phi) is 19.0. The van der Waals surface area contributed by atoms with Crippen molar-refractivity contribution >= 4 is 53.3 Å². The highest BCUT2D eigenvalue weighted by atomic mass is 32.3. The van der Waals surface area contributed by atoms with Crippen molar-refractivity contribution in [2.24, 2.45) is 0 Å². The minimum atomic E-state index is -5.85. The van der Waals surface area contributed by atoms with Crippen LogP contribution in [0, 0.1) is 0 Å². The van der Waals surface area contributed by atoms with Crippen molar-refractivity contribution in [3.05, 3.63) is 0 Å². The number of nitrogens with one attached hydrogen (secondary N) is 2. The molecular formula is C27H46N2O33S4. The van der Waals surface area contributed by atoms with Gasteiger partial charge in [0.15, 0.2) is 49.6 Å². The van der Waals surface area contributed by atoms with Crippen LogP contribution in [0.4, 0.5) is 0 Å². The number of hydrogen-bond donors (Lipinski definition) is 15. The molecule has 0 saturated carbocycles. The zero-order valence-electron chi connectivity index (χ0n) is 33.0. The van der Waals surface area contributed by atoms with Crippen LogP contribution in [0.5, 0.6) is 0 Å². The van der Waals surface area contributed by atoms with Crippen LogP contribution < -0.4 is 9.44 Å². The summed E-state index contributed by atoms with van der Waals surface area (Å²) in [6.45, 7) is -1.34. The second-order valence-electron chi connectivity index (χ2n) is 14.3. The number of carboxylic acid groups (broad SMARTS) is 2. The van der Waals surface area contributed by atoms with Gasteiger partial charge in [0.1, 0.15) is 73.1 Å². The first kappa shape index (κ1) is 56.4. The minimum Gasteiger partial charge on any atom is -0.479 e. The molecule has 0 radical (unpaired) electrons. The van der Waals surface area contributed by atoms with Gasteiger partial charge in [-0.1, -0.05) is 6.92 Å². The smallest absolute Gasteiger partial charge is 0.397 e. The molecule has 0 aromatic rings. The van der Waals surface area contributed by atoms with E-state index >= 15 is 0 Å². The third-order valence-corrected chi connectivity index (χ3v) is 11.7. The molecule has 15 N–H and O–H groups in total. The quantitative estimate of drug-likeness (QED) is 0.0475. The number of aliphatic carboxylic acids is 2. The number of aliphatic hydroxyl groups excluding tert-OH is 7. The molecule has 39 heteroatoms. The Morgan fingerprint density at radius 1 is 0.515 bits per heavy atom. The molecule has 4 fully saturated rings. The number of aliphatic hydroxyl groups is 7. The lowest BCUT2D eigenvalue weighted by atomic mass is 9.94. The van der Waals surface area contributed by atoms with Crippen LogP contribution in [-0.2, 0) is 97.3 Å². The fourth-order valence-electron chi connectivity index (χ4n) is 6.93. The van der Waals surface area contributed by atoms with E-state index in [0.29, 0.717) is 0 Å². The molecule has 4 aliphatic rings. The van der Waals surface area contributed by atoms with Crippen molar-refractivity contribution < 1.29 is 154 Å². The van der Waals surface area contributed by atoms with Gasteiger partial charge in [0.05, 0.1) is 13.2 Å². The first-order valence-electron chi connectivity index (χ1n) is 18.4. The molecule has 35 nitrogen and oxygen atoms in total. The Morgan fingerprint density at radius 3 is 1.30 bits per heavy atom. The first-order chi connectivity index (χ1) is 30.3. The van der Waals surface area contributed by atoms with E-state index < -0.39 is 189 Å². The summed E-state index contributed by atoms with van der Waals surface area (Å²) in [5.74, 6) is -4.19. The molecule has 0 unspecified atom stereocenters. The summed E-state index contributed by atoms with van der Waals surface area (Å²) >= 11 is 0. The highest BCUT2D eigenvalue weighted by Gasteiger charge is 2.59. The summed E-state index contributed by atoms with van der Waals surface area (Å²) < 4.78 is 187. The fourth-order valence-corrected chi connectivity index (χ4v) is 9.09. The second kappa shape index (κ2) is 22.3. The van der Waals surface area contributed by atoms with Gasteiger partial charge in [0.2, 0.25) is 0 Å². The number of carboxylic acids is 2. The Morgan fingerprint density at radius 2 is 0.909 bits per heavy atom. The maximum absolute atomic E-state index is 12.6. The van der Waals surface area contributed by atoms with Crippen LogP contribution in [0.1, 0.15) is 13.3 Å². The summed E-state index contributed by atoms with van der Waals surface area (Å²) in [6.07, 6.45) is -44.5. The average Bonchev–Trinajstić information content (AvgIpc) is 3.17. The first-order valence-corrected chi connectivity index (χ1v) is 24.0. The van der Waals surface area contributed by atoms with Gasteiger partial charge in [0, 0.05) is 6.61 Å². The van der Waals surface area contributed by atoms with Crippen molar-refractivity contribution in [1.29, 1.82) is 0 Å². The number of rotatable bonds is 21. The van der Waals surface area contributed by atoms with Crippen LogP contribution in [0.2, 0.25) is 0 Å². The molecule has 4 aliphatic heterocycles. The molecule has 20 atom stereocenters. The SMILES string of the molecule is CCCO[C@@H]1O[C@@H](C(=O)O)[C@@H](O[C@H]2O[C@H](CO)[C@@H](O[C@@H]3O[C@@H](C(=O)O)[C@@H](O[C@H]4O[C@H](CO)[C@@H](O)[C@H](O)[C@H]4NS(=O)(=O)O)[C@H](O)[C@H]3OS(=O)(=O)O)[C@H](O)[C@H]2NS(=O)(=O)O)[C@H](O)[C@H]1OS(=O)(=O)O. The zero-order valence-corrected chi connectivity index (χ0v) is 36.3. The fraction of sp³-hybridized carbons (Fsp3) is 0.926. The van der Waals surface area contributed by atoms with Crippen molar-refractivity contribution in [1.82, 2.24) is 9.44 Å². The average molecular weight is 1050 g/mol. The molecule has 4 saturated heterocycles. The van der Waals surface area contributed by atoms with E-state index in [-0.39, 0.29) is 13.0 Å². The highest BCUT2D eigenvalue weighted by Crippen LogP contribution is 2.36. The van der Waals surface area contributed by atoms with Gasteiger partial charge in [-0.05, 0) is 6.42 Å². The molecule has 0 amide bonds. The molecule has 4 rings (SSSR count). The molecule has 0 aromatic heterocycles. The van der Waals surface area contributed by atoms with E-state index in [1.165, 1.54) is 16.4 Å². The highest BCUT2D eigenvalue weighted by molar-refractivity contribution is 7.84. The van der Waals surface area contributed by atoms with Crippen LogP contribution in [-0.4, -0.2) is 252 Å². The Labute approximate surface area is 371 Å². The van der Waals surface area contributed by atoms with E-state index in [9.17, 15) is 107 Å². The molecular weight excluding hydrogens is 1010 g/mol. The number of hydrogen-bond acceptors (Lipinski definition) is 27. The molecule has 386 valence electrons. The van der Waals surface area contributed by atoms with E-state index in [1.54, 1.807) is 0 Å². The lowest BCUT2D eigenvalue weighted by Crippen LogP contribution is -2.70. The molecule has 0 aliphatic carbocycles. The van der Waals surface area contributed by atoms with Crippen LogP contribution in [0.25, 0.3) is 0 Å². The van der Waals surface area contributed by atoms with E-state index in [0.717, 1.165) is 0 Å². The normalized spacial score (nSPS) is 40.7. The second-order valence-corrected chi connectivity index (χ2v) is 18.8. The molecule has 4 heterocycles. The minimum absolute atomic E-state index is 0.184. The largest absolute Gasteiger partial charge is 0.479 e. The Balaban J connectivity index is 1.72. The van der Waals surface area contributed by atoms with Crippen molar-refractivity contribution in [3.8, 4) is 0 Å². The third kappa shape index (κ3) is 14.4. The maximum atomic E-state index is 12.6. The van der Waals surface area contributed by atoms with E-state index in [4.69, 9.17) is 37.9 Å². The summed E-state index contributed by atoms with van der Waals surface area (Å²) in [6, 6.07) is -4.91. The van der Waals surface area contributed by atoms with Gasteiger partial charge in [-0.15, -0.1) is 0 Å². The summed E-state index contributed by atoms with van der Waals surface area (Å²) in [5, 5.41) is 94.8. The van der Waals surface area contributed by atoms with Gasteiger partial charge in [-0.3, -0.25) is 18.2 Å². The molecule has 0 bridgehead atoms. The Hall–Kier alpha value is -2.18. The van der Waals surface area contributed by atoms with E-state index in [1.807, 2.05) is 0 Å². The van der Waals surface area contributed by atoms with Crippen molar-refractivity contribution in [2.45, 2.75) is 136 Å². The predicted molar refractivity (Wildman–Crippen MR) is 195 cm³/mol. The third-order valence-electron chi connectivity index (χ3n) is 9.66. The molecule has 0 aromatic carbocycles. The molecule has 0 spiro atoms. The van der Waals surface area contributed by atoms with Crippen LogP contribution in [0.15, 0.2) is 0 Å². The monoisotopic (exact) mass is 1050 g/mol. The van der Waals surface area contributed by atoms with Crippen molar-refractivity contribution in [3.63, 3.8) is 0 Å². The van der Waals surface area contributed by atoms with Gasteiger partial charge in [0.25, 0.3) is 0 Å². The van der Waals surface area contributed by atoms with Crippen LogP contribution >= 0.6 is 0 Å². The zero-order chi connectivity index (χ0) is 50.0. The number of ether oxygens (including phenoxy) is 8. The standard InChI is InChI=1S/C27H46N2O33S4/c1-2-3-53-26-18(61-65(47,48)49)13(35)16(20(59-26)22(37)38)58-25-9(29-64(44,45)46)12(34)15(7(5-31)55-25)56-27-19(62-66(50,51)52)14(36)17(21(60-27)23(39)40)57-24-8(28-63(41,42)43)11(33)10(32)6(4-30)54-24/h6-21,24-36H,2-5H2,1H3,(H,37,38)(H,39,40)(H,41,42,43)(H,44,45,46)(H,47,48,49)(H,50,51,52)/t6-,7-,8-,9-,10-,11-,12-,13+,14+,15-,16+,17+,18-,19-,20-,21-,24-,25-,26-,27-/m1/s1. The number of carbonyl (C=O) groups is 2. The van der Waals surface area contributed by atoms with Gasteiger partial charge in [-0.2, -0.15) is 43.1 Å². The predicted octanol–water partition coefficient (Wildman–Crippen LogP) is -9.68. The summed E-state index contributed by atoms with van der Waals surface area (Å²) in [7, 11) is -22.3. The van der Waals surface area contributed by atoms with Gasteiger partial charge >= 0.3 is 53.3 Å². The van der Waals surface area contributed by atoms with Gasteiger partial charge in [-0.25, -0.2) is 18.0 Å². The van der Waals surface area contributed by atoms with Crippen molar-refractivity contribution in [2.75, 3.05) is 19.8 Å².